The Kier molecular flexibility index (Phi) is 5.13. The number of piperidine rings is 1. The van der Waals surface area contributed by atoms with Gasteiger partial charge in [-0.3, -0.25) is 20.2 Å². The molecule has 3 rings (SSSR count). The van der Waals surface area contributed by atoms with Crippen LogP contribution in [0, 0.1) is 26.1 Å². The minimum Gasteiger partial charge on any atom is -0.411 e. The number of nitro benzene ring substituents is 2. The number of hydrogen-bond acceptors (Lipinski definition) is 7. The normalized spacial score (nSPS) is 23.9. The molecule has 9 heteroatoms. The zero-order valence-corrected chi connectivity index (χ0v) is 14.5. The number of rotatable bonds is 4. The molecule has 0 radical (unpaired) electrons. The van der Waals surface area contributed by atoms with Crippen molar-refractivity contribution in [3.8, 4) is 0 Å². The van der Waals surface area contributed by atoms with E-state index in [0.29, 0.717) is 12.1 Å². The van der Waals surface area contributed by atoms with Gasteiger partial charge in [-0.15, -0.1) is 0 Å². The topological polar surface area (TPSA) is 131 Å². The molecule has 0 aromatic heterocycles. The Morgan fingerprint density at radius 2 is 1.44 bits per heavy atom. The predicted octanol–water partition coefficient (Wildman–Crippen LogP) is 3.75. The number of oxime groups is 1. The Morgan fingerprint density at radius 1 is 0.963 bits per heavy atom. The summed E-state index contributed by atoms with van der Waals surface area (Å²) in [7, 11) is 0. The average molecular weight is 370 g/mol. The van der Waals surface area contributed by atoms with Crippen molar-refractivity contribution in [2.24, 2.45) is 11.1 Å². The van der Waals surface area contributed by atoms with Crippen molar-refractivity contribution in [1.29, 1.82) is 0 Å². The van der Waals surface area contributed by atoms with E-state index in [0.717, 1.165) is 11.1 Å². The summed E-state index contributed by atoms with van der Waals surface area (Å²) in [5, 5.41) is 38.0. The van der Waals surface area contributed by atoms with Gasteiger partial charge in [0.05, 0.1) is 15.6 Å². The highest BCUT2D eigenvalue weighted by Gasteiger charge is 2.34. The highest BCUT2D eigenvalue weighted by Crippen LogP contribution is 2.36. The summed E-state index contributed by atoms with van der Waals surface area (Å²) in [6, 6.07) is 12.0. The average Bonchev–Trinajstić information content (AvgIpc) is 2.68. The summed E-state index contributed by atoms with van der Waals surface area (Å²) < 4.78 is 0. The zero-order chi connectivity index (χ0) is 19.6. The lowest BCUT2D eigenvalue weighted by molar-refractivity contribution is -0.385. The van der Waals surface area contributed by atoms with Crippen LogP contribution in [0.2, 0.25) is 0 Å². The van der Waals surface area contributed by atoms with Gasteiger partial charge < -0.3 is 10.5 Å². The third kappa shape index (κ3) is 3.77. The second kappa shape index (κ2) is 7.50. The fourth-order valence-corrected chi connectivity index (χ4v) is 3.37. The van der Waals surface area contributed by atoms with E-state index in [2.05, 4.69) is 10.5 Å². The molecule has 0 bridgehead atoms. The van der Waals surface area contributed by atoms with Crippen molar-refractivity contribution < 1.29 is 15.1 Å². The van der Waals surface area contributed by atoms with Crippen LogP contribution in [0.5, 0.6) is 0 Å². The number of hydrogen-bond donors (Lipinski definition) is 2. The molecule has 27 heavy (non-hydrogen) atoms. The van der Waals surface area contributed by atoms with Crippen LogP contribution in [0.25, 0.3) is 0 Å². The van der Waals surface area contributed by atoms with Crippen LogP contribution < -0.4 is 5.32 Å². The summed E-state index contributed by atoms with van der Waals surface area (Å²) in [4.78, 5) is 20.8. The number of non-ortho nitro benzene ring substituents is 2. The standard InChI is InChI=1S/C18H18N4O5/c1-11-16(20-23)10-17(12-2-6-14(7-3-12)21(24)25)19-18(11)13-4-8-15(9-5-13)22(26)27/h2-9,11,17-19,23H,10H2,1H3. The van der Waals surface area contributed by atoms with Crippen molar-refractivity contribution in [2.45, 2.75) is 25.4 Å². The lowest BCUT2D eigenvalue weighted by atomic mass is 9.81. The SMILES string of the molecule is CC1C(=NO)CC(c2ccc([N+](=O)[O-])cc2)NC1c1ccc([N+](=O)[O-])cc1. The molecular weight excluding hydrogens is 352 g/mol. The number of nitro groups is 2. The molecule has 0 saturated carbocycles. The van der Waals surface area contributed by atoms with Crippen molar-refractivity contribution in [3.63, 3.8) is 0 Å². The van der Waals surface area contributed by atoms with Crippen molar-refractivity contribution in [1.82, 2.24) is 5.32 Å². The maximum Gasteiger partial charge on any atom is 0.269 e. The van der Waals surface area contributed by atoms with Crippen LogP contribution in [0.3, 0.4) is 0 Å². The van der Waals surface area contributed by atoms with Gasteiger partial charge in [0.1, 0.15) is 0 Å². The molecule has 1 aliphatic heterocycles. The van der Waals surface area contributed by atoms with Gasteiger partial charge >= 0.3 is 0 Å². The van der Waals surface area contributed by atoms with Crippen LogP contribution in [0.15, 0.2) is 53.7 Å². The maximum atomic E-state index is 10.9. The fraction of sp³-hybridized carbons (Fsp3) is 0.278. The van der Waals surface area contributed by atoms with Crippen molar-refractivity contribution >= 4 is 17.1 Å². The monoisotopic (exact) mass is 370 g/mol. The van der Waals surface area contributed by atoms with E-state index < -0.39 is 9.85 Å². The van der Waals surface area contributed by atoms with E-state index in [1.165, 1.54) is 24.3 Å². The van der Waals surface area contributed by atoms with Gasteiger partial charge in [0.15, 0.2) is 0 Å². The molecule has 3 unspecified atom stereocenters. The Balaban J connectivity index is 1.89. The third-order valence-electron chi connectivity index (χ3n) is 4.92. The summed E-state index contributed by atoms with van der Waals surface area (Å²) in [6.45, 7) is 1.92. The molecule has 2 N–H and O–H groups in total. The summed E-state index contributed by atoms with van der Waals surface area (Å²) >= 11 is 0. The largest absolute Gasteiger partial charge is 0.411 e. The Hall–Kier alpha value is -3.33. The van der Waals surface area contributed by atoms with E-state index in [4.69, 9.17) is 0 Å². The zero-order valence-electron chi connectivity index (χ0n) is 14.5. The maximum absolute atomic E-state index is 10.9. The smallest absolute Gasteiger partial charge is 0.269 e. The summed E-state index contributed by atoms with van der Waals surface area (Å²) in [6.07, 6.45) is 0.457. The summed E-state index contributed by atoms with van der Waals surface area (Å²) in [5.74, 6) is -0.120. The van der Waals surface area contributed by atoms with Crippen LogP contribution in [-0.2, 0) is 0 Å². The number of benzene rings is 2. The van der Waals surface area contributed by atoms with E-state index in [1.54, 1.807) is 24.3 Å². The molecule has 1 fully saturated rings. The minimum atomic E-state index is -0.458. The van der Waals surface area contributed by atoms with E-state index >= 15 is 0 Å². The third-order valence-corrected chi connectivity index (χ3v) is 4.92. The number of nitrogens with one attached hydrogen (secondary N) is 1. The van der Waals surface area contributed by atoms with Crippen LogP contribution in [-0.4, -0.2) is 20.8 Å². The van der Waals surface area contributed by atoms with E-state index in [1.807, 2.05) is 6.92 Å². The Labute approximate surface area is 154 Å². The van der Waals surface area contributed by atoms with Crippen molar-refractivity contribution in [2.75, 3.05) is 0 Å². The number of nitrogens with zero attached hydrogens (tertiary/aromatic N) is 3. The van der Waals surface area contributed by atoms with Gasteiger partial charge in [-0.2, -0.15) is 0 Å². The second-order valence-electron chi connectivity index (χ2n) is 6.48. The molecule has 1 saturated heterocycles. The molecule has 0 spiro atoms. The summed E-state index contributed by atoms with van der Waals surface area (Å²) in [5.41, 5.74) is 2.28. The lowest BCUT2D eigenvalue weighted by Crippen LogP contribution is -2.41. The van der Waals surface area contributed by atoms with Crippen LogP contribution >= 0.6 is 0 Å². The van der Waals surface area contributed by atoms with Gasteiger partial charge in [0, 0.05) is 48.7 Å². The molecular formula is C18H18N4O5. The van der Waals surface area contributed by atoms with Crippen LogP contribution in [0.4, 0.5) is 11.4 Å². The molecule has 1 heterocycles. The first-order valence-electron chi connectivity index (χ1n) is 8.36. The predicted molar refractivity (Wildman–Crippen MR) is 97.8 cm³/mol. The van der Waals surface area contributed by atoms with Crippen molar-refractivity contribution in [3.05, 3.63) is 79.9 Å². The van der Waals surface area contributed by atoms with Gasteiger partial charge in [-0.1, -0.05) is 36.3 Å². The van der Waals surface area contributed by atoms with Gasteiger partial charge in [0.2, 0.25) is 0 Å². The van der Waals surface area contributed by atoms with Crippen LogP contribution in [0.1, 0.15) is 36.6 Å². The Bertz CT molecular complexity index is 880. The van der Waals surface area contributed by atoms with E-state index in [-0.39, 0.29) is 29.4 Å². The Morgan fingerprint density at radius 3 is 1.89 bits per heavy atom. The molecule has 2 aromatic carbocycles. The molecule has 0 amide bonds. The molecule has 140 valence electrons. The van der Waals surface area contributed by atoms with Gasteiger partial charge in [-0.25, -0.2) is 0 Å². The molecule has 3 atom stereocenters. The first-order valence-corrected chi connectivity index (χ1v) is 8.36. The molecule has 9 nitrogen and oxygen atoms in total. The van der Waals surface area contributed by atoms with Gasteiger partial charge in [-0.05, 0) is 11.1 Å². The minimum absolute atomic E-state index is 0.00480. The first kappa shape index (κ1) is 18.5. The second-order valence-corrected chi connectivity index (χ2v) is 6.48. The molecule has 0 aliphatic carbocycles. The molecule has 2 aromatic rings. The highest BCUT2D eigenvalue weighted by molar-refractivity contribution is 5.88. The first-order chi connectivity index (χ1) is 12.9. The van der Waals surface area contributed by atoms with Gasteiger partial charge in [0.25, 0.3) is 11.4 Å². The fourth-order valence-electron chi connectivity index (χ4n) is 3.37. The quantitative estimate of drug-likeness (QED) is 0.479. The van der Waals surface area contributed by atoms with E-state index in [9.17, 15) is 25.4 Å². The lowest BCUT2D eigenvalue weighted by Gasteiger charge is -2.37. The highest BCUT2D eigenvalue weighted by atomic mass is 16.6. The molecule has 1 aliphatic rings.